The van der Waals surface area contributed by atoms with E-state index in [1.54, 1.807) is 0 Å². The topological polar surface area (TPSA) is 0 Å². The lowest BCUT2D eigenvalue weighted by Crippen LogP contribution is -1.82. The monoisotopic (exact) mass is 181 g/mol. The molecule has 0 fully saturated rings. The van der Waals surface area contributed by atoms with Gasteiger partial charge >= 0.3 is 0 Å². The van der Waals surface area contributed by atoms with Crippen LogP contribution in [-0.4, -0.2) is 0 Å². The summed E-state index contributed by atoms with van der Waals surface area (Å²) in [5.41, 5.74) is 1.16. The fourth-order valence-corrected chi connectivity index (χ4v) is 1.32. The van der Waals surface area contributed by atoms with Crippen molar-refractivity contribution in [3.63, 3.8) is 0 Å². The van der Waals surface area contributed by atoms with Crippen LogP contribution in [0.3, 0.4) is 0 Å². The molecule has 0 unspecified atom stereocenters. The number of halogens is 1. The first-order valence-corrected chi connectivity index (χ1v) is 4.80. The Morgan fingerprint density at radius 2 is 2.08 bits per heavy atom. The highest BCUT2D eigenvalue weighted by Crippen LogP contribution is 2.18. The third-order valence-electron chi connectivity index (χ3n) is 1.83. The van der Waals surface area contributed by atoms with Crippen LogP contribution < -0.4 is 0 Å². The molecule has 0 aliphatic carbocycles. The lowest BCUT2D eigenvalue weighted by atomic mass is 10.1. The van der Waals surface area contributed by atoms with Gasteiger partial charge < -0.3 is 0 Å². The molecule has 0 aliphatic rings. The first kappa shape index (κ1) is 9.60. The number of unbranched alkanes of at least 4 members (excludes halogenated alkanes) is 2. The summed E-state index contributed by atoms with van der Waals surface area (Å²) in [4.78, 5) is 0. The van der Waals surface area contributed by atoms with Gasteiger partial charge in [-0.1, -0.05) is 49.6 Å². The molecule has 0 saturated carbocycles. The van der Waals surface area contributed by atoms with Crippen molar-refractivity contribution in [2.45, 2.75) is 26.2 Å². The maximum atomic E-state index is 5.97. The summed E-state index contributed by atoms with van der Waals surface area (Å²) in [6.45, 7) is 2.19. The lowest BCUT2D eigenvalue weighted by Gasteiger charge is -2.01. The average molecular weight is 182 g/mol. The molecular formula is C11H14Cl. The molecule has 0 aromatic heterocycles. The van der Waals surface area contributed by atoms with Crippen molar-refractivity contribution in [2.75, 3.05) is 0 Å². The van der Waals surface area contributed by atoms with Gasteiger partial charge in [-0.15, -0.1) is 0 Å². The zero-order valence-corrected chi connectivity index (χ0v) is 8.14. The Labute approximate surface area is 79.6 Å². The van der Waals surface area contributed by atoms with Crippen molar-refractivity contribution in [1.82, 2.24) is 0 Å². The van der Waals surface area contributed by atoms with E-state index in [-0.39, 0.29) is 0 Å². The Morgan fingerprint density at radius 3 is 2.75 bits per heavy atom. The van der Waals surface area contributed by atoms with Crippen LogP contribution in [0.2, 0.25) is 5.02 Å². The molecule has 1 rings (SSSR count). The van der Waals surface area contributed by atoms with E-state index in [1.165, 1.54) is 12.8 Å². The Kier molecular flexibility index (Phi) is 4.16. The molecule has 0 bridgehead atoms. The molecule has 12 heavy (non-hydrogen) atoms. The van der Waals surface area contributed by atoms with Gasteiger partial charge in [-0.05, 0) is 24.5 Å². The molecule has 0 atom stereocenters. The van der Waals surface area contributed by atoms with Gasteiger partial charge in [0.05, 0.1) is 0 Å². The Balaban J connectivity index is 2.46. The second-order valence-electron chi connectivity index (χ2n) is 2.87. The fourth-order valence-electron chi connectivity index (χ4n) is 1.10. The summed E-state index contributed by atoms with van der Waals surface area (Å²) in [6, 6.07) is 7.96. The minimum absolute atomic E-state index is 0.855. The zero-order valence-electron chi connectivity index (χ0n) is 7.39. The number of rotatable bonds is 4. The van der Waals surface area contributed by atoms with Crippen LogP contribution in [-0.2, 0) is 0 Å². The highest BCUT2D eigenvalue weighted by Gasteiger charge is 1.97. The Morgan fingerprint density at radius 1 is 1.33 bits per heavy atom. The van der Waals surface area contributed by atoms with Crippen LogP contribution in [0, 0.1) is 6.42 Å². The van der Waals surface area contributed by atoms with E-state index in [9.17, 15) is 0 Å². The van der Waals surface area contributed by atoms with E-state index < -0.39 is 0 Å². The largest absolute Gasteiger partial charge is 0.0840 e. The third-order valence-corrected chi connectivity index (χ3v) is 2.17. The Bertz CT molecular complexity index is 230. The van der Waals surface area contributed by atoms with Gasteiger partial charge in [0, 0.05) is 5.02 Å². The predicted molar refractivity (Wildman–Crippen MR) is 54.4 cm³/mol. The molecule has 65 valence electrons. The quantitative estimate of drug-likeness (QED) is 0.614. The predicted octanol–water partition coefficient (Wildman–Crippen LogP) is 4.08. The van der Waals surface area contributed by atoms with Crippen molar-refractivity contribution >= 4 is 11.6 Å². The van der Waals surface area contributed by atoms with Gasteiger partial charge in [-0.2, -0.15) is 0 Å². The summed E-state index contributed by atoms with van der Waals surface area (Å²) in [7, 11) is 0. The molecule has 0 N–H and O–H groups in total. The standard InChI is InChI=1S/C11H14Cl/c1-2-3-4-7-10-8-5-6-9-11(10)12/h5-9H,2-4H2,1H3. The van der Waals surface area contributed by atoms with Crippen molar-refractivity contribution in [3.05, 3.63) is 41.3 Å². The maximum Gasteiger partial charge on any atom is 0.0441 e. The van der Waals surface area contributed by atoms with E-state index in [2.05, 4.69) is 19.4 Å². The second-order valence-corrected chi connectivity index (χ2v) is 3.28. The van der Waals surface area contributed by atoms with Crippen molar-refractivity contribution < 1.29 is 0 Å². The molecule has 1 radical (unpaired) electrons. The van der Waals surface area contributed by atoms with Crippen LogP contribution in [0.4, 0.5) is 0 Å². The third kappa shape index (κ3) is 2.86. The second kappa shape index (κ2) is 5.21. The maximum absolute atomic E-state index is 5.97. The van der Waals surface area contributed by atoms with Crippen LogP contribution in [0.25, 0.3) is 0 Å². The molecule has 1 heteroatoms. The highest BCUT2D eigenvalue weighted by atomic mass is 35.5. The van der Waals surface area contributed by atoms with Crippen LogP contribution >= 0.6 is 11.6 Å². The van der Waals surface area contributed by atoms with Gasteiger partial charge in [0.1, 0.15) is 0 Å². The molecule has 0 nitrogen and oxygen atoms in total. The average Bonchev–Trinajstić information content (AvgIpc) is 2.09. The zero-order chi connectivity index (χ0) is 8.81. The molecule has 0 heterocycles. The highest BCUT2D eigenvalue weighted by molar-refractivity contribution is 6.31. The molecular weight excluding hydrogens is 168 g/mol. The number of benzene rings is 1. The first-order chi connectivity index (χ1) is 5.84. The normalized spacial score (nSPS) is 10.2. The molecule has 1 aromatic rings. The Hall–Kier alpha value is -0.490. The van der Waals surface area contributed by atoms with Crippen molar-refractivity contribution in [1.29, 1.82) is 0 Å². The molecule has 1 aromatic carbocycles. The van der Waals surface area contributed by atoms with E-state index in [0.29, 0.717) is 0 Å². The number of hydrogen-bond donors (Lipinski definition) is 0. The SMILES string of the molecule is CCCC[CH]c1ccccc1Cl. The van der Waals surface area contributed by atoms with Crippen LogP contribution in [0.5, 0.6) is 0 Å². The van der Waals surface area contributed by atoms with Gasteiger partial charge in [0.2, 0.25) is 0 Å². The van der Waals surface area contributed by atoms with E-state index in [4.69, 9.17) is 11.6 Å². The van der Waals surface area contributed by atoms with Gasteiger partial charge in [0.15, 0.2) is 0 Å². The van der Waals surface area contributed by atoms with Gasteiger partial charge in [-0.3, -0.25) is 0 Å². The summed E-state index contributed by atoms with van der Waals surface area (Å²) >= 11 is 5.97. The molecule has 0 spiro atoms. The van der Waals surface area contributed by atoms with Crippen molar-refractivity contribution in [3.8, 4) is 0 Å². The molecule has 0 amide bonds. The van der Waals surface area contributed by atoms with Gasteiger partial charge in [0.25, 0.3) is 0 Å². The van der Waals surface area contributed by atoms with E-state index in [0.717, 1.165) is 17.0 Å². The summed E-state index contributed by atoms with van der Waals surface area (Å²) in [5, 5.41) is 0.855. The molecule has 0 aliphatic heterocycles. The van der Waals surface area contributed by atoms with E-state index in [1.807, 2.05) is 18.2 Å². The minimum atomic E-state index is 0.855. The van der Waals surface area contributed by atoms with Crippen LogP contribution in [0.1, 0.15) is 31.7 Å². The molecule has 0 saturated heterocycles. The summed E-state index contributed by atoms with van der Waals surface area (Å²) < 4.78 is 0. The summed E-state index contributed by atoms with van der Waals surface area (Å²) in [5.74, 6) is 0. The fraction of sp³-hybridized carbons (Fsp3) is 0.364. The minimum Gasteiger partial charge on any atom is -0.0840 e. The van der Waals surface area contributed by atoms with Crippen molar-refractivity contribution in [2.24, 2.45) is 0 Å². The van der Waals surface area contributed by atoms with Gasteiger partial charge in [-0.25, -0.2) is 0 Å². The first-order valence-electron chi connectivity index (χ1n) is 4.42. The number of hydrogen-bond acceptors (Lipinski definition) is 0. The summed E-state index contributed by atoms with van der Waals surface area (Å²) in [6.07, 6.45) is 5.80. The van der Waals surface area contributed by atoms with E-state index >= 15 is 0 Å². The smallest absolute Gasteiger partial charge is 0.0441 e. The lowest BCUT2D eigenvalue weighted by molar-refractivity contribution is 0.791. The van der Waals surface area contributed by atoms with Crippen LogP contribution in [0.15, 0.2) is 24.3 Å².